The number of esters is 1. The molecule has 1 fully saturated rings. The number of aromatic nitrogens is 2. The summed E-state index contributed by atoms with van der Waals surface area (Å²) in [5, 5.41) is 12.6. The summed E-state index contributed by atoms with van der Waals surface area (Å²) >= 11 is 0. The Hall–Kier alpha value is -2.67. The van der Waals surface area contributed by atoms with Crippen molar-refractivity contribution in [3.63, 3.8) is 0 Å². The molecule has 7 heteroatoms. The SMILES string of the molecule is COC(=O)c1ccc2c(c1)CCN(c1cc(N[C@@H](C)CO)nc(C3CC3)n1)C2. The van der Waals surface area contributed by atoms with E-state index < -0.39 is 0 Å². The molecule has 0 amide bonds. The maximum atomic E-state index is 11.8. The van der Waals surface area contributed by atoms with Gasteiger partial charge in [-0.25, -0.2) is 14.8 Å². The fraction of sp³-hybridized carbons (Fsp3) is 0.476. The minimum absolute atomic E-state index is 0.0533. The average molecular weight is 382 g/mol. The van der Waals surface area contributed by atoms with Crippen LogP contribution in [0.4, 0.5) is 11.6 Å². The van der Waals surface area contributed by atoms with E-state index in [4.69, 9.17) is 9.72 Å². The highest BCUT2D eigenvalue weighted by molar-refractivity contribution is 5.89. The van der Waals surface area contributed by atoms with E-state index in [0.29, 0.717) is 11.5 Å². The lowest BCUT2D eigenvalue weighted by molar-refractivity contribution is 0.0600. The van der Waals surface area contributed by atoms with E-state index >= 15 is 0 Å². The zero-order valence-electron chi connectivity index (χ0n) is 16.3. The van der Waals surface area contributed by atoms with E-state index in [1.807, 2.05) is 31.2 Å². The lowest BCUT2D eigenvalue weighted by Crippen LogP contribution is -2.32. The highest BCUT2D eigenvalue weighted by atomic mass is 16.5. The first-order chi connectivity index (χ1) is 13.6. The van der Waals surface area contributed by atoms with Gasteiger partial charge >= 0.3 is 5.97 Å². The van der Waals surface area contributed by atoms with Crippen molar-refractivity contribution in [2.75, 3.05) is 30.5 Å². The molecule has 1 aromatic carbocycles. The van der Waals surface area contributed by atoms with Crippen molar-refractivity contribution in [1.82, 2.24) is 9.97 Å². The molecule has 0 spiro atoms. The number of methoxy groups -OCH3 is 1. The molecule has 1 aromatic heterocycles. The Morgan fingerprint density at radius 2 is 2.14 bits per heavy atom. The number of nitrogens with one attached hydrogen (secondary N) is 1. The Bertz CT molecular complexity index is 882. The first-order valence-corrected chi connectivity index (χ1v) is 9.79. The molecular formula is C21H26N4O3. The molecule has 1 saturated carbocycles. The van der Waals surface area contributed by atoms with Crippen molar-refractivity contribution >= 4 is 17.6 Å². The van der Waals surface area contributed by atoms with Crippen molar-refractivity contribution in [2.24, 2.45) is 0 Å². The fourth-order valence-electron chi connectivity index (χ4n) is 3.50. The standard InChI is InChI=1S/C21H26N4O3/c1-13(12-26)22-18-10-19(24-20(23-18)14-3-4-14)25-8-7-15-9-16(21(27)28-2)5-6-17(15)11-25/h5-6,9-10,13-14,26H,3-4,7-8,11-12H2,1-2H3,(H,22,23,24)/t13-/m0/s1. The van der Waals surface area contributed by atoms with Gasteiger partial charge in [-0.3, -0.25) is 0 Å². The van der Waals surface area contributed by atoms with Gasteiger partial charge in [0.15, 0.2) is 0 Å². The Morgan fingerprint density at radius 1 is 1.32 bits per heavy atom. The van der Waals surface area contributed by atoms with Gasteiger partial charge in [-0.1, -0.05) is 6.07 Å². The summed E-state index contributed by atoms with van der Waals surface area (Å²) in [5.41, 5.74) is 2.98. The molecule has 1 atom stereocenters. The molecular weight excluding hydrogens is 356 g/mol. The number of anilines is 2. The van der Waals surface area contributed by atoms with Gasteiger partial charge in [-0.15, -0.1) is 0 Å². The van der Waals surface area contributed by atoms with Crippen LogP contribution in [0.5, 0.6) is 0 Å². The molecule has 0 radical (unpaired) electrons. The molecule has 148 valence electrons. The third kappa shape index (κ3) is 3.94. The van der Waals surface area contributed by atoms with Gasteiger partial charge in [0.1, 0.15) is 17.5 Å². The number of fused-ring (bicyclic) bond motifs is 1. The van der Waals surface area contributed by atoms with Crippen molar-refractivity contribution in [2.45, 2.75) is 44.7 Å². The molecule has 0 unspecified atom stereocenters. The van der Waals surface area contributed by atoms with E-state index in [-0.39, 0.29) is 18.6 Å². The normalized spacial score (nSPS) is 17.0. The first kappa shape index (κ1) is 18.7. The fourth-order valence-corrected chi connectivity index (χ4v) is 3.50. The van der Waals surface area contributed by atoms with Gasteiger partial charge in [0, 0.05) is 31.1 Å². The number of rotatable bonds is 6. The van der Waals surface area contributed by atoms with Gasteiger partial charge in [-0.05, 0) is 49.4 Å². The first-order valence-electron chi connectivity index (χ1n) is 9.79. The number of nitrogens with zero attached hydrogens (tertiary/aromatic N) is 3. The zero-order valence-corrected chi connectivity index (χ0v) is 16.3. The Labute approximate surface area is 164 Å². The summed E-state index contributed by atoms with van der Waals surface area (Å²) in [6.07, 6.45) is 3.12. The Morgan fingerprint density at radius 3 is 2.86 bits per heavy atom. The van der Waals surface area contributed by atoms with Crippen molar-refractivity contribution in [1.29, 1.82) is 0 Å². The Kier molecular flexibility index (Phi) is 5.17. The van der Waals surface area contributed by atoms with Crippen LogP contribution in [0, 0.1) is 0 Å². The van der Waals surface area contributed by atoms with Gasteiger partial charge in [-0.2, -0.15) is 0 Å². The molecule has 2 heterocycles. The van der Waals surface area contributed by atoms with E-state index in [9.17, 15) is 9.90 Å². The number of aliphatic hydroxyl groups is 1. The molecule has 1 aliphatic carbocycles. The smallest absolute Gasteiger partial charge is 0.337 e. The second-order valence-corrected chi connectivity index (χ2v) is 7.62. The molecule has 4 rings (SSSR count). The Balaban J connectivity index is 1.58. The van der Waals surface area contributed by atoms with Crippen LogP contribution in [-0.4, -0.2) is 47.3 Å². The van der Waals surface area contributed by atoms with Crippen molar-refractivity contribution in [3.05, 3.63) is 46.8 Å². The number of benzene rings is 1. The number of hydrogen-bond donors (Lipinski definition) is 2. The van der Waals surface area contributed by atoms with Crippen LogP contribution in [-0.2, 0) is 17.7 Å². The van der Waals surface area contributed by atoms with Crippen LogP contribution >= 0.6 is 0 Å². The van der Waals surface area contributed by atoms with E-state index in [1.54, 1.807) is 0 Å². The molecule has 0 bridgehead atoms. The van der Waals surface area contributed by atoms with Crippen molar-refractivity contribution < 1.29 is 14.6 Å². The topological polar surface area (TPSA) is 87.6 Å². The van der Waals surface area contributed by atoms with Gasteiger partial charge in [0.25, 0.3) is 0 Å². The van der Waals surface area contributed by atoms with Crippen LogP contribution < -0.4 is 10.2 Å². The maximum Gasteiger partial charge on any atom is 0.337 e. The van der Waals surface area contributed by atoms with Crippen LogP contribution in [0.2, 0.25) is 0 Å². The molecule has 2 aromatic rings. The second-order valence-electron chi connectivity index (χ2n) is 7.62. The summed E-state index contributed by atoms with van der Waals surface area (Å²) in [6.45, 7) is 3.55. The predicted octanol–water partition coefficient (Wildman–Crippen LogP) is 2.50. The maximum absolute atomic E-state index is 11.8. The summed E-state index contributed by atoms with van der Waals surface area (Å²) in [7, 11) is 1.40. The summed E-state index contributed by atoms with van der Waals surface area (Å²) in [4.78, 5) is 23.5. The lowest BCUT2D eigenvalue weighted by atomic mass is 9.97. The zero-order chi connectivity index (χ0) is 19.7. The van der Waals surface area contributed by atoms with Crippen LogP contribution in [0.3, 0.4) is 0 Å². The number of carbonyl (C=O) groups excluding carboxylic acids is 1. The number of aliphatic hydroxyl groups excluding tert-OH is 1. The number of carbonyl (C=O) groups is 1. The van der Waals surface area contributed by atoms with Crippen LogP contribution in [0.25, 0.3) is 0 Å². The third-order valence-corrected chi connectivity index (χ3v) is 5.30. The molecule has 28 heavy (non-hydrogen) atoms. The molecule has 1 aliphatic heterocycles. The quantitative estimate of drug-likeness (QED) is 0.742. The predicted molar refractivity (Wildman–Crippen MR) is 107 cm³/mol. The molecule has 2 aliphatic rings. The molecule has 2 N–H and O–H groups in total. The van der Waals surface area contributed by atoms with Crippen LogP contribution in [0.1, 0.15) is 53.0 Å². The minimum atomic E-state index is -0.302. The number of ether oxygens (including phenoxy) is 1. The highest BCUT2D eigenvalue weighted by Crippen LogP contribution is 2.39. The minimum Gasteiger partial charge on any atom is -0.465 e. The summed E-state index contributed by atoms with van der Waals surface area (Å²) in [6, 6.07) is 7.66. The van der Waals surface area contributed by atoms with Crippen molar-refractivity contribution in [3.8, 4) is 0 Å². The van der Waals surface area contributed by atoms with Crippen LogP contribution in [0.15, 0.2) is 24.3 Å². The van der Waals surface area contributed by atoms with E-state index in [0.717, 1.165) is 49.8 Å². The molecule has 0 saturated heterocycles. The highest BCUT2D eigenvalue weighted by Gasteiger charge is 2.29. The summed E-state index contributed by atoms with van der Waals surface area (Å²) < 4.78 is 4.82. The molecule has 7 nitrogen and oxygen atoms in total. The van der Waals surface area contributed by atoms with Gasteiger partial charge in [0.2, 0.25) is 0 Å². The van der Waals surface area contributed by atoms with Gasteiger partial charge < -0.3 is 20.1 Å². The number of hydrogen-bond acceptors (Lipinski definition) is 7. The largest absolute Gasteiger partial charge is 0.465 e. The second kappa shape index (κ2) is 7.75. The van der Waals surface area contributed by atoms with E-state index in [1.165, 1.54) is 18.2 Å². The summed E-state index contributed by atoms with van der Waals surface area (Å²) in [5.74, 6) is 2.71. The average Bonchev–Trinajstić information content (AvgIpc) is 3.57. The van der Waals surface area contributed by atoms with E-state index in [2.05, 4.69) is 15.2 Å². The third-order valence-electron chi connectivity index (χ3n) is 5.30. The monoisotopic (exact) mass is 382 g/mol. The van der Waals surface area contributed by atoms with Gasteiger partial charge in [0.05, 0.1) is 19.3 Å². The lowest BCUT2D eigenvalue weighted by Gasteiger charge is -2.30.